The Morgan fingerprint density at radius 3 is 1.83 bits per heavy atom. The molecule has 8 amide bonds. The number of hydrogen-bond acceptors (Lipinski definition) is 10. The third-order valence-electron chi connectivity index (χ3n) is 9.99. The highest BCUT2D eigenvalue weighted by Crippen LogP contribution is 2.20. The predicted octanol–water partition coefficient (Wildman–Crippen LogP) is -1.66. The van der Waals surface area contributed by atoms with E-state index < -0.39 is 103 Å². The number of amides is 8. The number of hydrogen-bond donors (Lipinski definition) is 12. The number of carbonyl (C=O) groups excluding carboxylic acids is 8. The van der Waals surface area contributed by atoms with E-state index in [1.54, 1.807) is 36.5 Å². The second-order valence-corrected chi connectivity index (χ2v) is 16.1. The minimum absolute atomic E-state index is 0.0263. The Labute approximate surface area is 382 Å². The van der Waals surface area contributed by atoms with E-state index in [2.05, 4.69) is 52.5 Å². The molecule has 0 radical (unpaired) electrons. The van der Waals surface area contributed by atoms with Gasteiger partial charge in [-0.05, 0) is 56.2 Å². The number of benzene rings is 2. The van der Waals surface area contributed by atoms with Gasteiger partial charge < -0.3 is 64.1 Å². The molecular weight excluding hydrogens is 857 g/mol. The Balaban J connectivity index is 1.81. The highest BCUT2D eigenvalue weighted by molar-refractivity contribution is 5.97. The number of aromatic nitrogens is 1. The van der Waals surface area contributed by atoms with Crippen molar-refractivity contribution in [2.45, 2.75) is 103 Å². The number of carbonyl (C=O) groups is 9. The van der Waals surface area contributed by atoms with E-state index in [4.69, 9.17) is 16.6 Å². The second-order valence-electron chi connectivity index (χ2n) is 16.1. The summed E-state index contributed by atoms with van der Waals surface area (Å²) in [7, 11) is 0. The molecule has 66 heavy (non-hydrogen) atoms. The van der Waals surface area contributed by atoms with E-state index in [1.165, 1.54) is 20.8 Å². The summed E-state index contributed by atoms with van der Waals surface area (Å²) in [5.41, 5.74) is 13.1. The van der Waals surface area contributed by atoms with Crippen LogP contribution in [0.1, 0.15) is 65.0 Å². The SMILES string of the molecule is CC(=O)NC(Cc1ccccc1)C(=O)NCC(=O)NC(CC(C)C)C(=O)NC(Cc1c[nH]c2ccccc12)C(=O)NC(CCCN=C(N)N)C(=O)NCC(=O)NC(C)C(=O)NC(C)C(=O)O. The number of nitrogens with one attached hydrogen (secondary N) is 9. The summed E-state index contributed by atoms with van der Waals surface area (Å²) in [6.45, 7) is 6.42. The number of aromatic amines is 1. The van der Waals surface area contributed by atoms with E-state index in [0.29, 0.717) is 5.56 Å². The summed E-state index contributed by atoms with van der Waals surface area (Å²) in [4.78, 5) is 124. The fourth-order valence-electron chi connectivity index (χ4n) is 6.64. The minimum Gasteiger partial charge on any atom is -0.480 e. The Morgan fingerprint density at radius 1 is 0.636 bits per heavy atom. The summed E-state index contributed by atoms with van der Waals surface area (Å²) in [6, 6.07) is 9.10. The number of fused-ring (bicyclic) bond motifs is 1. The Kier molecular flexibility index (Phi) is 21.1. The zero-order chi connectivity index (χ0) is 48.9. The number of guanidine groups is 1. The third-order valence-corrected chi connectivity index (χ3v) is 9.99. The molecule has 0 bridgehead atoms. The summed E-state index contributed by atoms with van der Waals surface area (Å²) in [5.74, 6) is -7.27. The van der Waals surface area contributed by atoms with Crippen LogP contribution in [0.5, 0.6) is 0 Å². The van der Waals surface area contributed by atoms with Crippen molar-refractivity contribution in [3.05, 3.63) is 71.9 Å². The van der Waals surface area contributed by atoms with Crippen LogP contribution in [-0.2, 0) is 56.0 Å². The van der Waals surface area contributed by atoms with E-state index in [0.717, 1.165) is 16.5 Å². The van der Waals surface area contributed by atoms with Gasteiger partial charge in [0.1, 0.15) is 36.3 Å². The molecule has 1 aromatic heterocycles. The fraction of sp³-hybridized carbons (Fsp3) is 0.455. The molecule has 358 valence electrons. The van der Waals surface area contributed by atoms with E-state index >= 15 is 0 Å². The van der Waals surface area contributed by atoms with Gasteiger partial charge in [-0.1, -0.05) is 62.4 Å². The molecule has 6 unspecified atom stereocenters. The smallest absolute Gasteiger partial charge is 0.325 e. The van der Waals surface area contributed by atoms with E-state index in [1.807, 2.05) is 38.1 Å². The standard InChI is InChI=1S/C44H62N12O10/c1-24(2)18-33(54-37(59)23-50-40(62)34(53-27(5)57)19-28-12-7-6-8-13-28)41(63)56-35(20-29-21-48-31-15-10-9-14-30(29)31)42(64)55-32(16-11-17-47-44(45)46)39(61)49-22-36(58)51-25(3)38(60)52-26(4)43(65)66/h6-10,12-15,21,24-26,32-35,48H,11,16-20,22-23H2,1-5H3,(H,49,61)(H,50,62)(H,51,58)(H,52,60)(H,53,57)(H,54,59)(H,55,64)(H,56,63)(H,65,66)(H4,45,46,47). The van der Waals surface area contributed by atoms with Crippen molar-refractivity contribution >= 4 is 70.1 Å². The Hall–Kier alpha value is -7.52. The molecule has 0 aliphatic rings. The average Bonchev–Trinajstić information content (AvgIpc) is 3.67. The van der Waals surface area contributed by atoms with Gasteiger partial charge in [-0.25, -0.2) is 0 Å². The molecular formula is C44H62N12O10. The number of carboxylic acids is 1. The lowest BCUT2D eigenvalue weighted by Crippen LogP contribution is -2.58. The first kappa shape index (κ1) is 52.8. The molecule has 3 rings (SSSR count). The number of carboxylic acid groups (broad SMARTS) is 1. The van der Waals surface area contributed by atoms with Crippen LogP contribution in [0, 0.1) is 5.92 Å². The molecule has 22 nitrogen and oxygen atoms in total. The Morgan fingerprint density at radius 2 is 1.21 bits per heavy atom. The lowest BCUT2D eigenvalue weighted by atomic mass is 10.00. The number of rotatable bonds is 26. The molecule has 6 atom stereocenters. The van der Waals surface area contributed by atoms with Crippen LogP contribution >= 0.6 is 0 Å². The summed E-state index contributed by atoms with van der Waals surface area (Å²) in [6.07, 6.45) is 2.07. The number of nitrogens with two attached hydrogens (primary N) is 2. The van der Waals surface area contributed by atoms with E-state index in [9.17, 15) is 43.2 Å². The van der Waals surface area contributed by atoms with Crippen LogP contribution in [0.4, 0.5) is 0 Å². The largest absolute Gasteiger partial charge is 0.480 e. The van der Waals surface area contributed by atoms with Gasteiger partial charge in [-0.2, -0.15) is 0 Å². The number of nitrogens with zero attached hydrogens (tertiary/aromatic N) is 1. The van der Waals surface area contributed by atoms with Gasteiger partial charge in [0.25, 0.3) is 0 Å². The van der Waals surface area contributed by atoms with Crippen LogP contribution in [0.15, 0.2) is 65.8 Å². The molecule has 0 saturated carbocycles. The third kappa shape index (κ3) is 18.3. The van der Waals surface area contributed by atoms with Crippen LogP contribution < -0.4 is 54.0 Å². The predicted molar refractivity (Wildman–Crippen MR) is 244 cm³/mol. The van der Waals surface area contributed by atoms with Crippen molar-refractivity contribution in [2.24, 2.45) is 22.4 Å². The maximum atomic E-state index is 14.3. The monoisotopic (exact) mass is 918 g/mol. The van der Waals surface area contributed by atoms with Crippen LogP contribution in [0.2, 0.25) is 0 Å². The first-order valence-corrected chi connectivity index (χ1v) is 21.4. The van der Waals surface area contributed by atoms with Crippen molar-refractivity contribution in [2.75, 3.05) is 19.6 Å². The number of aliphatic carboxylic acids is 1. The lowest BCUT2D eigenvalue weighted by molar-refractivity contribution is -0.141. The highest BCUT2D eigenvalue weighted by atomic mass is 16.4. The summed E-state index contributed by atoms with van der Waals surface area (Å²) >= 11 is 0. The van der Waals surface area contributed by atoms with Crippen LogP contribution in [-0.4, -0.2) is 125 Å². The zero-order valence-corrected chi connectivity index (χ0v) is 37.7. The first-order chi connectivity index (χ1) is 31.2. The minimum atomic E-state index is -1.33. The Bertz CT molecular complexity index is 2210. The molecule has 0 aliphatic heterocycles. The fourth-order valence-corrected chi connectivity index (χ4v) is 6.64. The summed E-state index contributed by atoms with van der Waals surface area (Å²) in [5, 5.41) is 30.1. The van der Waals surface area contributed by atoms with Crippen molar-refractivity contribution < 1.29 is 48.3 Å². The van der Waals surface area contributed by atoms with Gasteiger partial charge in [0.15, 0.2) is 5.96 Å². The lowest BCUT2D eigenvalue weighted by Gasteiger charge is -2.26. The average molecular weight is 919 g/mol. The molecule has 0 aliphatic carbocycles. The quantitative estimate of drug-likeness (QED) is 0.0245. The summed E-state index contributed by atoms with van der Waals surface area (Å²) < 4.78 is 0. The number of para-hydroxylation sites is 1. The van der Waals surface area contributed by atoms with Gasteiger partial charge in [0, 0.05) is 43.4 Å². The molecule has 0 fully saturated rings. The molecule has 22 heteroatoms. The van der Waals surface area contributed by atoms with Gasteiger partial charge in [0.05, 0.1) is 13.1 Å². The van der Waals surface area contributed by atoms with Crippen LogP contribution in [0.25, 0.3) is 10.9 Å². The van der Waals surface area contributed by atoms with Crippen molar-refractivity contribution in [3.63, 3.8) is 0 Å². The van der Waals surface area contributed by atoms with Gasteiger partial charge in [-0.3, -0.25) is 48.1 Å². The van der Waals surface area contributed by atoms with Gasteiger partial charge in [0.2, 0.25) is 47.3 Å². The topological polar surface area (TPSA) is 350 Å². The first-order valence-electron chi connectivity index (χ1n) is 21.4. The maximum absolute atomic E-state index is 14.3. The molecule has 14 N–H and O–H groups in total. The molecule has 1 heterocycles. The molecule has 0 spiro atoms. The highest BCUT2D eigenvalue weighted by Gasteiger charge is 2.32. The second kappa shape index (κ2) is 26.3. The van der Waals surface area contributed by atoms with E-state index in [-0.39, 0.29) is 50.5 Å². The van der Waals surface area contributed by atoms with Gasteiger partial charge in [-0.15, -0.1) is 0 Å². The van der Waals surface area contributed by atoms with Gasteiger partial charge >= 0.3 is 5.97 Å². The van der Waals surface area contributed by atoms with Crippen molar-refractivity contribution in [3.8, 4) is 0 Å². The molecule has 2 aromatic carbocycles. The van der Waals surface area contributed by atoms with Crippen molar-refractivity contribution in [1.82, 2.24) is 47.5 Å². The van der Waals surface area contributed by atoms with Crippen molar-refractivity contribution in [1.29, 1.82) is 0 Å². The normalized spacial score (nSPS) is 13.6. The van der Waals surface area contributed by atoms with Crippen LogP contribution in [0.3, 0.4) is 0 Å². The molecule has 3 aromatic rings. The zero-order valence-electron chi connectivity index (χ0n) is 37.7. The number of H-pyrrole nitrogens is 1. The molecule has 0 saturated heterocycles. The number of aliphatic imine (C=N–C) groups is 1. The maximum Gasteiger partial charge on any atom is 0.325 e.